The summed E-state index contributed by atoms with van der Waals surface area (Å²) in [6, 6.07) is 7.10. The van der Waals surface area contributed by atoms with Crippen molar-refractivity contribution in [3.63, 3.8) is 0 Å². The lowest BCUT2D eigenvalue weighted by atomic mass is 9.99. The summed E-state index contributed by atoms with van der Waals surface area (Å²) in [4.78, 5) is 37.4. The van der Waals surface area contributed by atoms with Gasteiger partial charge in [-0.25, -0.2) is 4.79 Å². The monoisotopic (exact) mass is 301 g/mol. The number of nitrogens with zero attached hydrogens (tertiary/aromatic N) is 1. The van der Waals surface area contributed by atoms with Gasteiger partial charge in [0.05, 0.1) is 6.54 Å². The fraction of sp³-hybridized carbons (Fsp3) is 0.438. The second-order valence-electron chi connectivity index (χ2n) is 5.91. The smallest absolute Gasteiger partial charge is 0.322 e. The largest absolute Gasteiger partial charge is 0.336 e. The molecule has 1 aromatic rings. The molecule has 0 radical (unpaired) electrons. The molecule has 2 aliphatic heterocycles. The van der Waals surface area contributed by atoms with Crippen LogP contribution < -0.4 is 10.6 Å². The van der Waals surface area contributed by atoms with E-state index in [0.717, 1.165) is 12.8 Å². The topological polar surface area (TPSA) is 78.5 Å². The molecule has 2 heterocycles. The van der Waals surface area contributed by atoms with Crippen molar-refractivity contribution in [3.8, 4) is 0 Å². The summed E-state index contributed by atoms with van der Waals surface area (Å²) in [6.07, 6.45) is 2.51. The van der Waals surface area contributed by atoms with Crippen molar-refractivity contribution in [3.05, 3.63) is 35.4 Å². The molecule has 2 N–H and O–H groups in total. The number of urea groups is 1. The first-order valence-corrected chi connectivity index (χ1v) is 7.56. The highest BCUT2D eigenvalue weighted by Crippen LogP contribution is 2.26. The average molecular weight is 301 g/mol. The number of nitrogens with one attached hydrogen (secondary N) is 2. The number of carbonyl (C=O) groups is 3. The van der Waals surface area contributed by atoms with Gasteiger partial charge in [0, 0.05) is 12.1 Å². The Kier molecular flexibility index (Phi) is 3.60. The van der Waals surface area contributed by atoms with E-state index in [0.29, 0.717) is 18.5 Å². The Hall–Kier alpha value is -2.37. The van der Waals surface area contributed by atoms with Crippen LogP contribution in [0.1, 0.15) is 35.7 Å². The summed E-state index contributed by atoms with van der Waals surface area (Å²) in [5, 5.41) is 4.89. The van der Waals surface area contributed by atoms with Gasteiger partial charge in [-0.15, -0.1) is 0 Å². The Bertz CT molecular complexity index is 626. The number of rotatable bonds is 3. The second-order valence-corrected chi connectivity index (χ2v) is 5.91. The van der Waals surface area contributed by atoms with Crippen molar-refractivity contribution < 1.29 is 14.4 Å². The SMILES string of the molecule is CCCc1ccc(C(=O)N2CC[C@]3(C2)NC(=O)NC3=O)cc1. The Labute approximate surface area is 128 Å². The van der Waals surface area contributed by atoms with Crippen LogP contribution in [0.2, 0.25) is 0 Å². The van der Waals surface area contributed by atoms with Crippen molar-refractivity contribution in [2.45, 2.75) is 31.7 Å². The Morgan fingerprint density at radius 1 is 1.27 bits per heavy atom. The van der Waals surface area contributed by atoms with Gasteiger partial charge in [-0.2, -0.15) is 0 Å². The first kappa shape index (κ1) is 14.6. The number of benzene rings is 1. The van der Waals surface area contributed by atoms with Gasteiger partial charge in [0.15, 0.2) is 0 Å². The number of aryl methyl sites for hydroxylation is 1. The molecule has 4 amide bonds. The van der Waals surface area contributed by atoms with Crippen LogP contribution in [0.25, 0.3) is 0 Å². The van der Waals surface area contributed by atoms with Gasteiger partial charge in [0.2, 0.25) is 0 Å². The Morgan fingerprint density at radius 3 is 2.59 bits per heavy atom. The molecule has 2 saturated heterocycles. The standard InChI is InChI=1S/C16H19N3O3/c1-2-3-11-4-6-12(7-5-11)13(20)19-9-8-16(10-19)14(21)17-15(22)18-16/h4-7H,2-3,8-10H2,1H3,(H2,17,18,21,22)/t16-/m1/s1. The molecule has 1 atom stereocenters. The van der Waals surface area contributed by atoms with Gasteiger partial charge in [-0.05, 0) is 30.5 Å². The lowest BCUT2D eigenvalue weighted by Gasteiger charge is -2.21. The molecule has 3 rings (SSSR count). The van der Waals surface area contributed by atoms with E-state index >= 15 is 0 Å². The van der Waals surface area contributed by atoms with Crippen LogP contribution in [0.3, 0.4) is 0 Å². The molecule has 0 aliphatic carbocycles. The van der Waals surface area contributed by atoms with Gasteiger partial charge in [-0.3, -0.25) is 14.9 Å². The fourth-order valence-corrected chi connectivity index (χ4v) is 3.08. The first-order chi connectivity index (χ1) is 10.5. The van der Waals surface area contributed by atoms with Crippen LogP contribution in [-0.2, 0) is 11.2 Å². The molecule has 116 valence electrons. The van der Waals surface area contributed by atoms with Gasteiger partial charge in [0.1, 0.15) is 5.54 Å². The molecule has 2 fully saturated rings. The summed E-state index contributed by atoms with van der Waals surface area (Å²) in [5.74, 6) is -0.444. The summed E-state index contributed by atoms with van der Waals surface area (Å²) < 4.78 is 0. The minimum absolute atomic E-state index is 0.103. The molecule has 2 aliphatic rings. The van der Waals surface area contributed by atoms with E-state index in [2.05, 4.69) is 17.6 Å². The summed E-state index contributed by atoms with van der Waals surface area (Å²) in [6.45, 7) is 2.80. The van der Waals surface area contributed by atoms with Crippen molar-refractivity contribution in [1.29, 1.82) is 0 Å². The minimum atomic E-state index is -0.950. The summed E-state index contributed by atoms with van der Waals surface area (Å²) in [5.41, 5.74) is 0.871. The maximum atomic E-state index is 12.5. The molecule has 0 aromatic heterocycles. The van der Waals surface area contributed by atoms with E-state index in [4.69, 9.17) is 0 Å². The predicted octanol–water partition coefficient (Wildman–Crippen LogP) is 1.06. The molecule has 22 heavy (non-hydrogen) atoms. The second kappa shape index (κ2) is 5.44. The number of imide groups is 1. The molecule has 1 spiro atoms. The highest BCUT2D eigenvalue weighted by atomic mass is 16.2. The van der Waals surface area contributed by atoms with Crippen LogP contribution in [0, 0.1) is 0 Å². The van der Waals surface area contributed by atoms with E-state index < -0.39 is 11.6 Å². The van der Waals surface area contributed by atoms with E-state index in [-0.39, 0.29) is 18.4 Å². The van der Waals surface area contributed by atoms with Gasteiger partial charge < -0.3 is 10.2 Å². The molecule has 0 unspecified atom stereocenters. The lowest BCUT2D eigenvalue weighted by Crippen LogP contribution is -2.49. The van der Waals surface area contributed by atoms with E-state index in [1.54, 1.807) is 4.90 Å². The minimum Gasteiger partial charge on any atom is -0.336 e. The van der Waals surface area contributed by atoms with Gasteiger partial charge >= 0.3 is 6.03 Å². The first-order valence-electron chi connectivity index (χ1n) is 7.56. The highest BCUT2D eigenvalue weighted by molar-refractivity contribution is 6.08. The van der Waals surface area contributed by atoms with Crippen LogP contribution in [0.5, 0.6) is 0 Å². The van der Waals surface area contributed by atoms with Crippen molar-refractivity contribution in [2.75, 3.05) is 13.1 Å². The van der Waals surface area contributed by atoms with Crippen LogP contribution in [-0.4, -0.2) is 41.4 Å². The van der Waals surface area contributed by atoms with E-state index in [1.807, 2.05) is 24.3 Å². The Balaban J connectivity index is 1.71. The summed E-state index contributed by atoms with van der Waals surface area (Å²) >= 11 is 0. The highest BCUT2D eigenvalue weighted by Gasteiger charge is 2.51. The fourth-order valence-electron chi connectivity index (χ4n) is 3.08. The predicted molar refractivity (Wildman–Crippen MR) is 80.4 cm³/mol. The lowest BCUT2D eigenvalue weighted by molar-refractivity contribution is -0.123. The van der Waals surface area contributed by atoms with Gasteiger partial charge in [-0.1, -0.05) is 25.5 Å². The average Bonchev–Trinajstić information content (AvgIpc) is 3.04. The normalized spacial score (nSPS) is 23.8. The zero-order valence-electron chi connectivity index (χ0n) is 12.5. The summed E-state index contributed by atoms with van der Waals surface area (Å²) in [7, 11) is 0. The number of amides is 4. The number of hydrogen-bond donors (Lipinski definition) is 2. The van der Waals surface area contributed by atoms with Crippen LogP contribution in [0.15, 0.2) is 24.3 Å². The van der Waals surface area contributed by atoms with Crippen LogP contribution >= 0.6 is 0 Å². The van der Waals surface area contributed by atoms with Crippen molar-refractivity contribution in [1.82, 2.24) is 15.5 Å². The molecule has 6 nitrogen and oxygen atoms in total. The Morgan fingerprint density at radius 2 is 2.00 bits per heavy atom. The zero-order valence-corrected chi connectivity index (χ0v) is 12.5. The number of likely N-dealkylation sites (tertiary alicyclic amines) is 1. The molecular formula is C16H19N3O3. The maximum absolute atomic E-state index is 12.5. The quantitative estimate of drug-likeness (QED) is 0.820. The third-order valence-corrected chi connectivity index (χ3v) is 4.31. The third-order valence-electron chi connectivity index (χ3n) is 4.31. The van der Waals surface area contributed by atoms with Crippen LogP contribution in [0.4, 0.5) is 4.79 Å². The van der Waals surface area contributed by atoms with E-state index in [9.17, 15) is 14.4 Å². The third kappa shape index (κ3) is 2.45. The molecular weight excluding hydrogens is 282 g/mol. The molecule has 6 heteroatoms. The van der Waals surface area contributed by atoms with Crippen molar-refractivity contribution in [2.24, 2.45) is 0 Å². The zero-order chi connectivity index (χ0) is 15.7. The molecule has 1 aromatic carbocycles. The molecule has 0 saturated carbocycles. The van der Waals surface area contributed by atoms with Crippen molar-refractivity contribution >= 4 is 17.8 Å². The van der Waals surface area contributed by atoms with Gasteiger partial charge in [0.25, 0.3) is 11.8 Å². The molecule has 0 bridgehead atoms. The number of carbonyl (C=O) groups excluding carboxylic acids is 3. The maximum Gasteiger partial charge on any atom is 0.322 e. The van der Waals surface area contributed by atoms with E-state index in [1.165, 1.54) is 5.56 Å². The number of hydrogen-bond acceptors (Lipinski definition) is 3.